The van der Waals surface area contributed by atoms with Crippen molar-refractivity contribution in [1.29, 1.82) is 0 Å². The maximum Gasteiger partial charge on any atom is 0.343 e. The largest absolute Gasteiger partial charge is 0.423 e. The molecule has 0 aliphatic rings. The highest BCUT2D eigenvalue weighted by Crippen LogP contribution is 2.25. The molecule has 0 aromatic heterocycles. The molecule has 2 aromatic carbocycles. The molecule has 0 saturated carbocycles. The summed E-state index contributed by atoms with van der Waals surface area (Å²) < 4.78 is 29.5. The van der Waals surface area contributed by atoms with Gasteiger partial charge in [0, 0.05) is 10.5 Å². The summed E-state index contributed by atoms with van der Waals surface area (Å²) in [6.45, 7) is 0. The molecule has 0 fully saturated rings. The number of carbonyl (C=O) groups is 2. The predicted molar refractivity (Wildman–Crippen MR) is 78.2 cm³/mol. The fourth-order valence-corrected chi connectivity index (χ4v) is 2.15. The molecule has 2 aromatic rings. The highest BCUT2D eigenvalue weighted by molar-refractivity contribution is 7.99. The zero-order chi connectivity index (χ0) is 16.1. The summed E-state index contributed by atoms with van der Waals surface area (Å²) in [7, 11) is 0. The number of hydrogen-bond donors (Lipinski definition) is 1. The van der Waals surface area contributed by atoms with Crippen LogP contribution in [-0.4, -0.2) is 17.6 Å². The maximum atomic E-state index is 12.2. The zero-order valence-corrected chi connectivity index (χ0v) is 12.0. The smallest absolute Gasteiger partial charge is 0.343 e. The SMILES string of the molecule is NC(=O)c1cccc(OC(=O)c2ccc(SC(F)F)cc2)c1. The van der Waals surface area contributed by atoms with Gasteiger partial charge in [0.15, 0.2) is 0 Å². The summed E-state index contributed by atoms with van der Waals surface area (Å²) in [5.74, 6) is -3.64. The minimum atomic E-state index is -2.52. The molecule has 0 aliphatic carbocycles. The molecule has 7 heteroatoms. The van der Waals surface area contributed by atoms with E-state index < -0.39 is 17.6 Å². The molecule has 0 aliphatic heterocycles. The molecule has 4 nitrogen and oxygen atoms in total. The summed E-state index contributed by atoms with van der Waals surface area (Å²) in [5.41, 5.74) is 5.57. The first kappa shape index (κ1) is 16.0. The molecule has 0 spiro atoms. The number of nitrogens with two attached hydrogens (primary N) is 1. The van der Waals surface area contributed by atoms with Crippen LogP contribution in [0.1, 0.15) is 20.7 Å². The second kappa shape index (κ2) is 7.04. The summed E-state index contributed by atoms with van der Waals surface area (Å²) in [6, 6.07) is 11.5. The number of hydrogen-bond acceptors (Lipinski definition) is 4. The third kappa shape index (κ3) is 4.29. The summed E-state index contributed by atoms with van der Waals surface area (Å²) in [4.78, 5) is 23.3. The molecule has 0 heterocycles. The van der Waals surface area contributed by atoms with Gasteiger partial charge in [-0.3, -0.25) is 4.79 Å². The Kier molecular flexibility index (Phi) is 5.11. The van der Waals surface area contributed by atoms with Crippen LogP contribution >= 0.6 is 11.8 Å². The van der Waals surface area contributed by atoms with Crippen molar-refractivity contribution in [3.63, 3.8) is 0 Å². The van der Waals surface area contributed by atoms with Gasteiger partial charge in [0.2, 0.25) is 5.91 Å². The fraction of sp³-hybridized carbons (Fsp3) is 0.0667. The van der Waals surface area contributed by atoms with Crippen LogP contribution in [0.3, 0.4) is 0 Å². The van der Waals surface area contributed by atoms with Crippen molar-refractivity contribution in [2.24, 2.45) is 5.73 Å². The minimum Gasteiger partial charge on any atom is -0.423 e. The number of ether oxygens (including phenoxy) is 1. The molecule has 0 saturated heterocycles. The first-order valence-corrected chi connectivity index (χ1v) is 7.00. The average molecular weight is 323 g/mol. The highest BCUT2D eigenvalue weighted by atomic mass is 32.2. The Morgan fingerprint density at radius 2 is 1.73 bits per heavy atom. The van der Waals surface area contributed by atoms with E-state index in [4.69, 9.17) is 10.5 Å². The molecular formula is C15H11F2NO3S. The van der Waals surface area contributed by atoms with Gasteiger partial charge in [-0.2, -0.15) is 8.78 Å². The van der Waals surface area contributed by atoms with Crippen molar-refractivity contribution >= 4 is 23.6 Å². The van der Waals surface area contributed by atoms with Crippen molar-refractivity contribution in [3.8, 4) is 5.75 Å². The number of thioether (sulfide) groups is 1. The van der Waals surface area contributed by atoms with E-state index in [2.05, 4.69) is 0 Å². The summed E-state index contributed by atoms with van der Waals surface area (Å²) >= 11 is 0.391. The van der Waals surface area contributed by atoms with Crippen molar-refractivity contribution in [1.82, 2.24) is 0 Å². The van der Waals surface area contributed by atoms with Gasteiger partial charge in [-0.05, 0) is 42.5 Å². The number of halogens is 2. The van der Waals surface area contributed by atoms with E-state index in [0.29, 0.717) is 16.7 Å². The number of amides is 1. The van der Waals surface area contributed by atoms with Gasteiger partial charge in [0.05, 0.1) is 5.56 Å². The van der Waals surface area contributed by atoms with Gasteiger partial charge >= 0.3 is 5.97 Å². The van der Waals surface area contributed by atoms with E-state index in [1.54, 1.807) is 0 Å². The highest BCUT2D eigenvalue weighted by Gasteiger charge is 2.11. The topological polar surface area (TPSA) is 69.4 Å². The normalized spacial score (nSPS) is 10.5. The Balaban J connectivity index is 2.08. The molecule has 0 unspecified atom stereocenters. The van der Waals surface area contributed by atoms with Crippen molar-refractivity contribution in [2.75, 3.05) is 0 Å². The molecule has 0 bridgehead atoms. The lowest BCUT2D eigenvalue weighted by Crippen LogP contribution is -2.12. The second-order valence-corrected chi connectivity index (χ2v) is 5.25. The van der Waals surface area contributed by atoms with Crippen molar-refractivity contribution in [3.05, 3.63) is 59.7 Å². The van der Waals surface area contributed by atoms with Gasteiger partial charge in [-0.15, -0.1) is 0 Å². The van der Waals surface area contributed by atoms with Gasteiger partial charge in [-0.1, -0.05) is 17.8 Å². The Hall–Kier alpha value is -2.41. The van der Waals surface area contributed by atoms with E-state index in [9.17, 15) is 18.4 Å². The lowest BCUT2D eigenvalue weighted by atomic mass is 10.2. The molecule has 0 atom stereocenters. The summed E-state index contributed by atoms with van der Waals surface area (Å²) in [5, 5.41) is 0. The Labute approximate surface area is 129 Å². The standard InChI is InChI=1S/C15H11F2NO3S/c16-15(17)22-12-6-4-9(5-7-12)14(20)21-11-3-1-2-10(8-11)13(18)19/h1-8,15H,(H2,18,19). The lowest BCUT2D eigenvalue weighted by Gasteiger charge is -2.06. The third-order valence-corrected chi connectivity index (χ3v) is 3.37. The fourth-order valence-electron chi connectivity index (χ4n) is 1.65. The van der Waals surface area contributed by atoms with E-state index in [1.165, 1.54) is 48.5 Å². The maximum absolute atomic E-state index is 12.2. The molecule has 1 amide bonds. The predicted octanol–water partition coefficient (Wildman–Crippen LogP) is 3.32. The third-order valence-electron chi connectivity index (χ3n) is 2.64. The van der Waals surface area contributed by atoms with Crippen LogP contribution in [0.25, 0.3) is 0 Å². The first-order chi connectivity index (χ1) is 10.5. The van der Waals surface area contributed by atoms with Crippen LogP contribution in [0.2, 0.25) is 0 Å². The van der Waals surface area contributed by atoms with Crippen molar-refractivity contribution in [2.45, 2.75) is 10.7 Å². The van der Waals surface area contributed by atoms with Crippen LogP contribution in [0, 0.1) is 0 Å². The van der Waals surface area contributed by atoms with Crippen LogP contribution in [-0.2, 0) is 0 Å². The zero-order valence-electron chi connectivity index (χ0n) is 11.2. The number of alkyl halides is 2. The Morgan fingerprint density at radius 1 is 1.05 bits per heavy atom. The monoisotopic (exact) mass is 323 g/mol. The van der Waals surface area contributed by atoms with Gasteiger partial charge in [0.25, 0.3) is 5.76 Å². The van der Waals surface area contributed by atoms with Gasteiger partial charge in [-0.25, -0.2) is 4.79 Å². The van der Waals surface area contributed by atoms with E-state index in [-0.39, 0.29) is 16.9 Å². The van der Waals surface area contributed by atoms with Crippen molar-refractivity contribution < 1.29 is 23.1 Å². The van der Waals surface area contributed by atoms with Crippen LogP contribution in [0.15, 0.2) is 53.4 Å². The van der Waals surface area contributed by atoms with Gasteiger partial charge in [0.1, 0.15) is 5.75 Å². The quantitative estimate of drug-likeness (QED) is 0.520. The Bertz CT molecular complexity index is 689. The molecule has 0 radical (unpaired) electrons. The first-order valence-electron chi connectivity index (χ1n) is 6.12. The second-order valence-electron chi connectivity index (χ2n) is 4.18. The van der Waals surface area contributed by atoms with Gasteiger partial charge < -0.3 is 10.5 Å². The molecular weight excluding hydrogens is 312 g/mol. The number of esters is 1. The number of rotatable bonds is 5. The van der Waals surface area contributed by atoms with E-state index in [0.717, 1.165) is 0 Å². The molecule has 114 valence electrons. The van der Waals surface area contributed by atoms with Crippen LogP contribution < -0.4 is 10.5 Å². The molecule has 2 rings (SSSR count). The molecule has 2 N–H and O–H groups in total. The minimum absolute atomic E-state index is 0.173. The van der Waals surface area contributed by atoms with Crippen LogP contribution in [0.5, 0.6) is 5.75 Å². The van der Waals surface area contributed by atoms with E-state index in [1.807, 2.05) is 0 Å². The lowest BCUT2D eigenvalue weighted by molar-refractivity contribution is 0.0733. The molecule has 22 heavy (non-hydrogen) atoms. The number of carbonyl (C=O) groups excluding carboxylic acids is 2. The average Bonchev–Trinajstić information content (AvgIpc) is 2.47. The van der Waals surface area contributed by atoms with Crippen LogP contribution in [0.4, 0.5) is 8.78 Å². The number of benzene rings is 2. The Morgan fingerprint density at radius 3 is 2.32 bits per heavy atom. The number of primary amides is 1. The van der Waals surface area contributed by atoms with E-state index >= 15 is 0 Å². The summed E-state index contributed by atoms with van der Waals surface area (Å²) in [6.07, 6.45) is 0.